The van der Waals surface area contributed by atoms with Gasteiger partial charge in [0, 0.05) is 24.8 Å². The minimum atomic E-state index is -0.719. The molecule has 3 rings (SSSR count). The van der Waals surface area contributed by atoms with E-state index in [0.717, 1.165) is 12.8 Å². The molecule has 2 aromatic carbocycles. The molecule has 2 aromatic rings. The van der Waals surface area contributed by atoms with E-state index < -0.39 is 12.0 Å². The van der Waals surface area contributed by atoms with Crippen molar-refractivity contribution in [1.29, 1.82) is 0 Å². The standard InChI is InChI=1S/C26H33N3O5/c1-2-15-34-25(31)18-23-26(32)27-13-14-29(23)19-24(30)28-21-11-6-12-22(17-21)33-16-7-10-20-8-4-3-5-9-20/h3-6,8-9,11-12,17,23H,2,7,10,13-16,18-19H2,1H3,(H,27,32)(H,28,30). The van der Waals surface area contributed by atoms with Crippen LogP contribution in [0.3, 0.4) is 0 Å². The molecule has 182 valence electrons. The number of esters is 1. The molecule has 0 saturated carbocycles. The van der Waals surface area contributed by atoms with Crippen molar-refractivity contribution >= 4 is 23.5 Å². The van der Waals surface area contributed by atoms with E-state index >= 15 is 0 Å². The Labute approximate surface area is 200 Å². The van der Waals surface area contributed by atoms with Crippen LogP contribution >= 0.6 is 0 Å². The molecule has 1 unspecified atom stereocenters. The predicted molar refractivity (Wildman–Crippen MR) is 130 cm³/mol. The molecule has 1 saturated heterocycles. The van der Waals surface area contributed by atoms with Crippen LogP contribution in [0, 0.1) is 0 Å². The second-order valence-corrected chi connectivity index (χ2v) is 8.22. The Kier molecular flexibility index (Phi) is 9.91. The van der Waals surface area contributed by atoms with E-state index in [1.807, 2.05) is 37.3 Å². The summed E-state index contributed by atoms with van der Waals surface area (Å²) in [5, 5.41) is 5.61. The number of rotatable bonds is 12. The van der Waals surface area contributed by atoms with Gasteiger partial charge < -0.3 is 20.1 Å². The quantitative estimate of drug-likeness (QED) is 0.368. The highest BCUT2D eigenvalue weighted by Gasteiger charge is 2.33. The first kappa shape index (κ1) is 25.2. The molecule has 1 atom stereocenters. The van der Waals surface area contributed by atoms with Crippen LogP contribution in [0.1, 0.15) is 31.7 Å². The number of nitrogens with zero attached hydrogens (tertiary/aromatic N) is 1. The van der Waals surface area contributed by atoms with E-state index in [2.05, 4.69) is 22.8 Å². The van der Waals surface area contributed by atoms with E-state index in [-0.39, 0.29) is 24.8 Å². The van der Waals surface area contributed by atoms with Crippen molar-refractivity contribution < 1.29 is 23.9 Å². The lowest BCUT2D eigenvalue weighted by Crippen LogP contribution is -2.57. The highest BCUT2D eigenvalue weighted by atomic mass is 16.5. The van der Waals surface area contributed by atoms with E-state index in [1.54, 1.807) is 17.0 Å². The number of carbonyl (C=O) groups is 3. The topological polar surface area (TPSA) is 97.0 Å². The first-order chi connectivity index (χ1) is 16.5. The highest BCUT2D eigenvalue weighted by Crippen LogP contribution is 2.18. The van der Waals surface area contributed by atoms with Gasteiger partial charge in [-0.05, 0) is 37.0 Å². The summed E-state index contributed by atoms with van der Waals surface area (Å²) in [4.78, 5) is 38.7. The number of hydrogen-bond donors (Lipinski definition) is 2. The number of aryl methyl sites for hydroxylation is 1. The van der Waals surface area contributed by atoms with Crippen LogP contribution in [0.4, 0.5) is 5.69 Å². The zero-order chi connectivity index (χ0) is 24.2. The maximum atomic E-state index is 12.7. The third-order valence-corrected chi connectivity index (χ3v) is 5.45. The number of carbonyl (C=O) groups excluding carboxylic acids is 3. The smallest absolute Gasteiger partial charge is 0.307 e. The molecule has 8 heteroatoms. The molecule has 0 aliphatic carbocycles. The summed E-state index contributed by atoms with van der Waals surface area (Å²) in [7, 11) is 0. The van der Waals surface area contributed by atoms with Crippen LogP contribution in [0.25, 0.3) is 0 Å². The Bertz CT molecular complexity index is 950. The van der Waals surface area contributed by atoms with Crippen LogP contribution in [-0.4, -0.2) is 61.6 Å². The Morgan fingerprint density at radius 1 is 1.12 bits per heavy atom. The second kappa shape index (κ2) is 13.3. The summed E-state index contributed by atoms with van der Waals surface area (Å²) in [6.07, 6.45) is 2.46. The van der Waals surface area contributed by atoms with Crippen molar-refractivity contribution in [3.8, 4) is 5.75 Å². The average molecular weight is 468 g/mol. The zero-order valence-electron chi connectivity index (χ0n) is 19.6. The van der Waals surface area contributed by atoms with E-state index in [9.17, 15) is 14.4 Å². The third kappa shape index (κ3) is 8.19. The summed E-state index contributed by atoms with van der Waals surface area (Å²) in [6, 6.07) is 16.8. The first-order valence-corrected chi connectivity index (χ1v) is 11.8. The van der Waals surface area contributed by atoms with Gasteiger partial charge in [-0.1, -0.05) is 43.3 Å². The SMILES string of the molecule is CCCOC(=O)CC1C(=O)NCCN1CC(=O)Nc1cccc(OCCCc2ccccc2)c1. The minimum Gasteiger partial charge on any atom is -0.494 e. The molecule has 1 heterocycles. The van der Waals surface area contributed by atoms with Gasteiger partial charge >= 0.3 is 5.97 Å². The van der Waals surface area contributed by atoms with Crippen molar-refractivity contribution in [1.82, 2.24) is 10.2 Å². The predicted octanol–water partition coefficient (Wildman–Crippen LogP) is 2.78. The first-order valence-electron chi connectivity index (χ1n) is 11.8. The molecular weight excluding hydrogens is 434 g/mol. The Hall–Kier alpha value is -3.39. The van der Waals surface area contributed by atoms with Gasteiger partial charge in [-0.15, -0.1) is 0 Å². The number of hydrogen-bond acceptors (Lipinski definition) is 6. The van der Waals surface area contributed by atoms with Crippen molar-refractivity contribution in [3.05, 3.63) is 60.2 Å². The monoisotopic (exact) mass is 467 g/mol. The fourth-order valence-electron chi connectivity index (χ4n) is 3.77. The Morgan fingerprint density at radius 2 is 1.94 bits per heavy atom. The Morgan fingerprint density at radius 3 is 2.74 bits per heavy atom. The van der Waals surface area contributed by atoms with Gasteiger partial charge in [0.25, 0.3) is 0 Å². The van der Waals surface area contributed by atoms with E-state index in [1.165, 1.54) is 5.56 Å². The van der Waals surface area contributed by atoms with Crippen molar-refractivity contribution in [3.63, 3.8) is 0 Å². The fraction of sp³-hybridized carbons (Fsp3) is 0.423. The zero-order valence-corrected chi connectivity index (χ0v) is 19.6. The number of anilines is 1. The molecule has 8 nitrogen and oxygen atoms in total. The number of piperazine rings is 1. The van der Waals surface area contributed by atoms with Crippen molar-refractivity contribution in [2.45, 2.75) is 38.6 Å². The molecule has 0 spiro atoms. The lowest BCUT2D eigenvalue weighted by Gasteiger charge is -2.33. The van der Waals surface area contributed by atoms with Crippen molar-refractivity contribution in [2.24, 2.45) is 0 Å². The second-order valence-electron chi connectivity index (χ2n) is 8.22. The molecular formula is C26H33N3O5. The van der Waals surface area contributed by atoms with Gasteiger partial charge in [-0.2, -0.15) is 0 Å². The van der Waals surface area contributed by atoms with Gasteiger partial charge in [0.2, 0.25) is 11.8 Å². The fourth-order valence-corrected chi connectivity index (χ4v) is 3.77. The van der Waals surface area contributed by atoms with Gasteiger partial charge in [-0.25, -0.2) is 0 Å². The summed E-state index contributed by atoms with van der Waals surface area (Å²) in [5.41, 5.74) is 1.89. The molecule has 0 bridgehead atoms. The van der Waals surface area contributed by atoms with Gasteiger partial charge in [-0.3, -0.25) is 19.3 Å². The number of ether oxygens (including phenoxy) is 2. The molecule has 2 amide bonds. The normalized spacial score (nSPS) is 15.9. The van der Waals surface area contributed by atoms with E-state index in [4.69, 9.17) is 9.47 Å². The largest absolute Gasteiger partial charge is 0.494 e. The molecule has 1 aliphatic heterocycles. The number of nitrogens with one attached hydrogen (secondary N) is 2. The maximum absolute atomic E-state index is 12.7. The highest BCUT2D eigenvalue weighted by molar-refractivity contribution is 5.93. The Balaban J connectivity index is 1.48. The molecule has 2 N–H and O–H groups in total. The summed E-state index contributed by atoms with van der Waals surface area (Å²) in [6.45, 7) is 3.71. The molecule has 1 fully saturated rings. The van der Waals surface area contributed by atoms with Crippen LogP contribution in [0.15, 0.2) is 54.6 Å². The number of benzene rings is 2. The van der Waals surface area contributed by atoms with Gasteiger partial charge in [0.05, 0.1) is 26.2 Å². The number of amides is 2. The maximum Gasteiger partial charge on any atom is 0.307 e. The van der Waals surface area contributed by atoms with Crippen LogP contribution in [-0.2, 0) is 25.5 Å². The van der Waals surface area contributed by atoms with Gasteiger partial charge in [0.1, 0.15) is 11.8 Å². The third-order valence-electron chi connectivity index (χ3n) is 5.45. The summed E-state index contributed by atoms with van der Waals surface area (Å²) < 4.78 is 11.0. The van der Waals surface area contributed by atoms with E-state index in [0.29, 0.717) is 44.2 Å². The molecule has 0 radical (unpaired) electrons. The molecule has 1 aliphatic rings. The van der Waals surface area contributed by atoms with Gasteiger partial charge in [0.15, 0.2) is 0 Å². The van der Waals surface area contributed by atoms with Crippen molar-refractivity contribution in [2.75, 3.05) is 38.2 Å². The average Bonchev–Trinajstić information content (AvgIpc) is 2.83. The van der Waals surface area contributed by atoms with Crippen LogP contribution < -0.4 is 15.4 Å². The summed E-state index contributed by atoms with van der Waals surface area (Å²) >= 11 is 0. The molecule has 34 heavy (non-hydrogen) atoms. The lowest BCUT2D eigenvalue weighted by atomic mass is 10.1. The minimum absolute atomic E-state index is 0.00129. The van der Waals surface area contributed by atoms with Crippen LogP contribution in [0.5, 0.6) is 5.75 Å². The van der Waals surface area contributed by atoms with Crippen LogP contribution in [0.2, 0.25) is 0 Å². The molecule has 0 aromatic heterocycles. The summed E-state index contributed by atoms with van der Waals surface area (Å²) in [5.74, 6) is -0.285. The lowest BCUT2D eigenvalue weighted by molar-refractivity contribution is -0.148.